The maximum absolute atomic E-state index is 12.6. The van der Waals surface area contributed by atoms with Gasteiger partial charge in [-0.25, -0.2) is 0 Å². The van der Waals surface area contributed by atoms with Crippen LogP contribution in [0.25, 0.3) is 0 Å². The van der Waals surface area contributed by atoms with Gasteiger partial charge >= 0.3 is 0 Å². The van der Waals surface area contributed by atoms with Crippen LogP contribution in [0.15, 0.2) is 18.2 Å². The van der Waals surface area contributed by atoms with Gasteiger partial charge in [0.1, 0.15) is 0 Å². The molecule has 1 saturated heterocycles. The van der Waals surface area contributed by atoms with Crippen LogP contribution in [0.4, 0.5) is 5.69 Å². The Labute approximate surface area is 137 Å². The van der Waals surface area contributed by atoms with E-state index < -0.39 is 0 Å². The number of nitrogens with zero attached hydrogens (tertiary/aromatic N) is 2. The van der Waals surface area contributed by atoms with Crippen molar-refractivity contribution in [3.63, 3.8) is 0 Å². The van der Waals surface area contributed by atoms with E-state index in [-0.39, 0.29) is 30.1 Å². The summed E-state index contributed by atoms with van der Waals surface area (Å²) in [4.78, 5) is 28.1. The number of carbonyl (C=O) groups is 2. The van der Waals surface area contributed by atoms with Gasteiger partial charge < -0.3 is 15.5 Å². The summed E-state index contributed by atoms with van der Waals surface area (Å²) in [7, 11) is 0. The van der Waals surface area contributed by atoms with Crippen LogP contribution in [0.2, 0.25) is 0 Å². The number of hydrogen-bond donors (Lipinski definition) is 1. The minimum Gasteiger partial charge on any atom is -0.399 e. The van der Waals surface area contributed by atoms with Gasteiger partial charge in [-0.2, -0.15) is 0 Å². The summed E-state index contributed by atoms with van der Waals surface area (Å²) in [5, 5.41) is 0. The molecule has 5 nitrogen and oxygen atoms in total. The summed E-state index contributed by atoms with van der Waals surface area (Å²) in [5.74, 6) is 0.155. The third kappa shape index (κ3) is 3.91. The number of benzene rings is 1. The third-order valence-electron chi connectivity index (χ3n) is 3.86. The number of aryl methyl sites for hydroxylation is 1. The van der Waals surface area contributed by atoms with Gasteiger partial charge in [-0.3, -0.25) is 9.59 Å². The highest BCUT2D eigenvalue weighted by atomic mass is 35.5. The zero-order chi connectivity index (χ0) is 15.6. The van der Waals surface area contributed by atoms with Gasteiger partial charge in [0.15, 0.2) is 0 Å². The highest BCUT2D eigenvalue weighted by molar-refractivity contribution is 5.96. The SMILES string of the molecule is Cc1ccc(N)cc1C(=O)N1CCN(C(=O)C(C)C)CC1.Cl. The molecule has 0 unspecified atom stereocenters. The molecule has 1 aliphatic rings. The summed E-state index contributed by atoms with van der Waals surface area (Å²) in [5.41, 5.74) is 7.94. The van der Waals surface area contributed by atoms with E-state index in [1.165, 1.54) is 0 Å². The predicted molar refractivity (Wildman–Crippen MR) is 90.2 cm³/mol. The van der Waals surface area contributed by atoms with E-state index in [2.05, 4.69) is 0 Å². The van der Waals surface area contributed by atoms with Crippen molar-refractivity contribution >= 4 is 29.9 Å². The first kappa shape index (κ1) is 18.3. The molecule has 22 heavy (non-hydrogen) atoms. The molecule has 0 bridgehead atoms. The van der Waals surface area contributed by atoms with E-state index in [0.717, 1.165) is 5.56 Å². The second-order valence-corrected chi connectivity index (χ2v) is 5.85. The Morgan fingerprint density at radius 3 is 2.18 bits per heavy atom. The van der Waals surface area contributed by atoms with Crippen LogP contribution in [0.3, 0.4) is 0 Å². The molecule has 1 aromatic carbocycles. The van der Waals surface area contributed by atoms with Crippen LogP contribution in [0.5, 0.6) is 0 Å². The summed E-state index contributed by atoms with van der Waals surface area (Å²) < 4.78 is 0. The summed E-state index contributed by atoms with van der Waals surface area (Å²) in [6.45, 7) is 8.06. The average molecular weight is 326 g/mol. The second-order valence-electron chi connectivity index (χ2n) is 5.85. The minimum absolute atomic E-state index is 0. The van der Waals surface area contributed by atoms with Crippen LogP contribution in [-0.4, -0.2) is 47.8 Å². The Hall–Kier alpha value is -1.75. The fraction of sp³-hybridized carbons (Fsp3) is 0.500. The monoisotopic (exact) mass is 325 g/mol. The first-order valence-corrected chi connectivity index (χ1v) is 7.34. The van der Waals surface area contributed by atoms with Crippen molar-refractivity contribution in [1.29, 1.82) is 0 Å². The van der Waals surface area contributed by atoms with Crippen LogP contribution < -0.4 is 5.73 Å². The Balaban J connectivity index is 0.00000242. The van der Waals surface area contributed by atoms with Gasteiger partial charge in [-0.05, 0) is 24.6 Å². The molecule has 0 spiro atoms. The Bertz CT molecular complexity index is 552. The molecule has 0 radical (unpaired) electrons. The van der Waals surface area contributed by atoms with E-state index in [0.29, 0.717) is 37.4 Å². The van der Waals surface area contributed by atoms with Crippen molar-refractivity contribution < 1.29 is 9.59 Å². The molecule has 1 fully saturated rings. The van der Waals surface area contributed by atoms with Crippen LogP contribution in [-0.2, 0) is 4.79 Å². The molecule has 0 aromatic heterocycles. The maximum atomic E-state index is 12.6. The van der Waals surface area contributed by atoms with Gasteiger partial charge in [0.25, 0.3) is 5.91 Å². The Morgan fingerprint density at radius 1 is 1.09 bits per heavy atom. The third-order valence-corrected chi connectivity index (χ3v) is 3.86. The first-order valence-electron chi connectivity index (χ1n) is 7.34. The van der Waals surface area contributed by atoms with Gasteiger partial charge in [0.2, 0.25) is 5.91 Å². The van der Waals surface area contributed by atoms with Gasteiger partial charge in [-0.1, -0.05) is 19.9 Å². The molecule has 6 heteroatoms. The average Bonchev–Trinajstić information content (AvgIpc) is 2.48. The standard InChI is InChI=1S/C16H23N3O2.ClH/c1-11(2)15(20)18-6-8-19(9-7-18)16(21)14-10-13(17)5-4-12(14)3;/h4-5,10-11H,6-9,17H2,1-3H3;1H. The lowest BCUT2D eigenvalue weighted by molar-refractivity contribution is -0.135. The Kier molecular flexibility index (Phi) is 6.23. The van der Waals surface area contributed by atoms with Gasteiger partial charge in [0, 0.05) is 43.3 Å². The topological polar surface area (TPSA) is 66.6 Å². The lowest BCUT2D eigenvalue weighted by atomic mass is 10.1. The highest BCUT2D eigenvalue weighted by Crippen LogP contribution is 2.17. The highest BCUT2D eigenvalue weighted by Gasteiger charge is 2.26. The number of rotatable bonds is 2. The normalized spacial score (nSPS) is 14.7. The molecule has 1 heterocycles. The number of amides is 2. The largest absolute Gasteiger partial charge is 0.399 e. The van der Waals surface area contributed by atoms with Gasteiger partial charge in [0.05, 0.1) is 0 Å². The minimum atomic E-state index is -0.00329. The zero-order valence-corrected chi connectivity index (χ0v) is 14.2. The van der Waals surface area contributed by atoms with E-state index in [1.54, 1.807) is 17.0 Å². The number of piperazine rings is 1. The first-order chi connectivity index (χ1) is 9.90. The van der Waals surface area contributed by atoms with E-state index in [4.69, 9.17) is 5.73 Å². The van der Waals surface area contributed by atoms with Crippen molar-refractivity contribution in [2.75, 3.05) is 31.9 Å². The molecule has 0 atom stereocenters. The lowest BCUT2D eigenvalue weighted by Gasteiger charge is -2.35. The zero-order valence-electron chi connectivity index (χ0n) is 13.3. The number of halogens is 1. The molecule has 0 aliphatic carbocycles. The smallest absolute Gasteiger partial charge is 0.254 e. The van der Waals surface area contributed by atoms with Crippen molar-refractivity contribution in [3.05, 3.63) is 29.3 Å². The predicted octanol–water partition coefficient (Wildman–Crippen LogP) is 1.94. The van der Waals surface area contributed by atoms with Crippen molar-refractivity contribution in [2.24, 2.45) is 5.92 Å². The van der Waals surface area contributed by atoms with E-state index in [1.807, 2.05) is 31.7 Å². The summed E-state index contributed by atoms with van der Waals surface area (Å²) in [6.07, 6.45) is 0. The molecule has 1 aromatic rings. The fourth-order valence-corrected chi connectivity index (χ4v) is 2.54. The molecular weight excluding hydrogens is 302 g/mol. The molecule has 122 valence electrons. The molecule has 2 rings (SSSR count). The number of nitrogens with two attached hydrogens (primary N) is 1. The van der Waals surface area contributed by atoms with Crippen molar-refractivity contribution in [1.82, 2.24) is 9.80 Å². The summed E-state index contributed by atoms with van der Waals surface area (Å²) in [6, 6.07) is 5.38. The van der Waals surface area contributed by atoms with Crippen LogP contribution in [0.1, 0.15) is 29.8 Å². The number of anilines is 1. The molecule has 2 N–H and O–H groups in total. The Morgan fingerprint density at radius 2 is 1.64 bits per heavy atom. The van der Waals surface area contributed by atoms with Crippen molar-refractivity contribution in [2.45, 2.75) is 20.8 Å². The van der Waals surface area contributed by atoms with E-state index in [9.17, 15) is 9.59 Å². The lowest BCUT2D eigenvalue weighted by Crippen LogP contribution is -2.51. The van der Waals surface area contributed by atoms with Gasteiger partial charge in [-0.15, -0.1) is 12.4 Å². The van der Waals surface area contributed by atoms with E-state index >= 15 is 0 Å². The fourth-order valence-electron chi connectivity index (χ4n) is 2.54. The molecule has 0 saturated carbocycles. The number of hydrogen-bond acceptors (Lipinski definition) is 3. The maximum Gasteiger partial charge on any atom is 0.254 e. The second kappa shape index (κ2) is 7.49. The summed E-state index contributed by atoms with van der Waals surface area (Å²) >= 11 is 0. The number of nitrogen functional groups attached to an aromatic ring is 1. The van der Waals surface area contributed by atoms with Crippen molar-refractivity contribution in [3.8, 4) is 0 Å². The van der Waals surface area contributed by atoms with Crippen LogP contribution in [0, 0.1) is 12.8 Å². The van der Waals surface area contributed by atoms with Crippen LogP contribution >= 0.6 is 12.4 Å². The molecule has 1 aliphatic heterocycles. The number of carbonyl (C=O) groups excluding carboxylic acids is 2. The molecule has 2 amide bonds. The molecular formula is C16H24ClN3O2. The quantitative estimate of drug-likeness (QED) is 0.845.